The third-order valence-electron chi connectivity index (χ3n) is 2.19. The quantitative estimate of drug-likeness (QED) is 0.647. The number of aliphatic carboxylic acids is 1. The van der Waals surface area contributed by atoms with Crippen LogP contribution in [0.25, 0.3) is 0 Å². The van der Waals surface area contributed by atoms with Gasteiger partial charge in [-0.3, -0.25) is 4.79 Å². The molecule has 0 amide bonds. The summed E-state index contributed by atoms with van der Waals surface area (Å²) in [7, 11) is 0. The second kappa shape index (κ2) is 7.08. The van der Waals surface area contributed by atoms with E-state index in [-0.39, 0.29) is 5.95 Å². The van der Waals surface area contributed by atoms with Gasteiger partial charge in [0.15, 0.2) is 0 Å². The van der Waals surface area contributed by atoms with Gasteiger partial charge < -0.3 is 16.2 Å². The first-order valence-corrected chi connectivity index (χ1v) is 6.54. The SMILES string of the molecule is CSCC[C@H](NCc1cnc(N)nc1)C(=O)O. The predicted octanol–water partition coefficient (Wildman–Crippen LogP) is 0.355. The monoisotopic (exact) mass is 256 g/mol. The van der Waals surface area contributed by atoms with Gasteiger partial charge in [-0.15, -0.1) is 0 Å². The van der Waals surface area contributed by atoms with Crippen molar-refractivity contribution in [3.8, 4) is 0 Å². The lowest BCUT2D eigenvalue weighted by Gasteiger charge is -2.13. The fraction of sp³-hybridized carbons (Fsp3) is 0.500. The standard InChI is InChI=1S/C10H16N4O2S/c1-17-3-2-8(9(15)16)12-4-7-5-13-10(11)14-6-7/h5-6,8,12H,2-4H2,1H3,(H,15,16)(H2,11,13,14)/t8-/m0/s1. The highest BCUT2D eigenvalue weighted by atomic mass is 32.2. The average molecular weight is 256 g/mol. The molecular weight excluding hydrogens is 240 g/mol. The Balaban J connectivity index is 2.45. The van der Waals surface area contributed by atoms with Crippen molar-refractivity contribution in [2.24, 2.45) is 0 Å². The van der Waals surface area contributed by atoms with Crippen molar-refractivity contribution < 1.29 is 9.90 Å². The van der Waals surface area contributed by atoms with Crippen molar-refractivity contribution >= 4 is 23.7 Å². The van der Waals surface area contributed by atoms with Crippen LogP contribution in [0.3, 0.4) is 0 Å². The Morgan fingerprint density at radius 3 is 2.76 bits per heavy atom. The van der Waals surface area contributed by atoms with Gasteiger partial charge in [0, 0.05) is 24.5 Å². The Bertz CT molecular complexity index is 358. The maximum atomic E-state index is 11.0. The number of nitrogen functional groups attached to an aromatic ring is 1. The van der Waals surface area contributed by atoms with E-state index in [0.717, 1.165) is 11.3 Å². The Morgan fingerprint density at radius 1 is 1.59 bits per heavy atom. The van der Waals surface area contributed by atoms with Gasteiger partial charge >= 0.3 is 5.97 Å². The minimum absolute atomic E-state index is 0.214. The van der Waals surface area contributed by atoms with Crippen LogP contribution in [0.15, 0.2) is 12.4 Å². The molecule has 94 valence electrons. The summed E-state index contributed by atoms with van der Waals surface area (Å²) in [5, 5.41) is 12.0. The van der Waals surface area contributed by atoms with Gasteiger partial charge in [-0.05, 0) is 18.4 Å². The minimum atomic E-state index is -0.838. The highest BCUT2D eigenvalue weighted by Gasteiger charge is 2.15. The van der Waals surface area contributed by atoms with Crippen molar-refractivity contribution in [1.29, 1.82) is 0 Å². The molecule has 17 heavy (non-hydrogen) atoms. The molecule has 1 aromatic heterocycles. The highest BCUT2D eigenvalue weighted by Crippen LogP contribution is 2.03. The van der Waals surface area contributed by atoms with Crippen molar-refractivity contribution in [3.63, 3.8) is 0 Å². The largest absolute Gasteiger partial charge is 0.480 e. The Labute approximate surface area is 104 Å². The summed E-state index contributed by atoms with van der Waals surface area (Å²) >= 11 is 1.63. The van der Waals surface area contributed by atoms with Crippen LogP contribution in [0, 0.1) is 0 Å². The summed E-state index contributed by atoms with van der Waals surface area (Å²) in [4.78, 5) is 18.6. The van der Waals surface area contributed by atoms with E-state index in [0.29, 0.717) is 13.0 Å². The first-order chi connectivity index (χ1) is 8.13. The number of carboxylic acids is 1. The number of nitrogens with zero attached hydrogens (tertiary/aromatic N) is 2. The molecule has 1 atom stereocenters. The van der Waals surface area contributed by atoms with Crippen LogP contribution in [0.2, 0.25) is 0 Å². The molecule has 0 aliphatic carbocycles. The molecule has 1 heterocycles. The molecule has 4 N–H and O–H groups in total. The summed E-state index contributed by atoms with van der Waals surface area (Å²) in [5.41, 5.74) is 6.17. The van der Waals surface area contributed by atoms with E-state index in [9.17, 15) is 4.79 Å². The second-order valence-electron chi connectivity index (χ2n) is 3.50. The first kappa shape index (κ1) is 13.7. The second-order valence-corrected chi connectivity index (χ2v) is 4.49. The molecule has 0 spiro atoms. The van der Waals surface area contributed by atoms with E-state index < -0.39 is 12.0 Å². The summed E-state index contributed by atoms with van der Waals surface area (Å²) < 4.78 is 0. The maximum absolute atomic E-state index is 11.0. The molecule has 6 nitrogen and oxygen atoms in total. The van der Waals surface area contributed by atoms with Crippen LogP contribution < -0.4 is 11.1 Å². The van der Waals surface area contributed by atoms with Gasteiger partial charge in [0.2, 0.25) is 5.95 Å². The number of nitrogens with two attached hydrogens (primary N) is 1. The number of carbonyl (C=O) groups is 1. The van der Waals surface area contributed by atoms with E-state index in [1.807, 2.05) is 6.26 Å². The molecule has 0 fully saturated rings. The van der Waals surface area contributed by atoms with E-state index >= 15 is 0 Å². The molecule has 0 radical (unpaired) electrons. The van der Waals surface area contributed by atoms with E-state index in [1.165, 1.54) is 0 Å². The predicted molar refractivity (Wildman–Crippen MR) is 67.7 cm³/mol. The van der Waals surface area contributed by atoms with Crippen LogP contribution in [-0.2, 0) is 11.3 Å². The molecule has 0 aliphatic rings. The number of carboxylic acid groups (broad SMARTS) is 1. The van der Waals surface area contributed by atoms with Crippen molar-refractivity contribution in [3.05, 3.63) is 18.0 Å². The van der Waals surface area contributed by atoms with Crippen molar-refractivity contribution in [1.82, 2.24) is 15.3 Å². The van der Waals surface area contributed by atoms with Crippen LogP contribution in [-0.4, -0.2) is 39.1 Å². The molecule has 0 bridgehead atoms. The highest BCUT2D eigenvalue weighted by molar-refractivity contribution is 7.98. The van der Waals surface area contributed by atoms with Gasteiger partial charge in [-0.25, -0.2) is 9.97 Å². The molecular formula is C10H16N4O2S. The fourth-order valence-electron chi connectivity index (χ4n) is 1.25. The lowest BCUT2D eigenvalue weighted by Crippen LogP contribution is -2.36. The smallest absolute Gasteiger partial charge is 0.320 e. The first-order valence-electron chi connectivity index (χ1n) is 5.15. The number of rotatable bonds is 7. The number of anilines is 1. The summed E-state index contributed by atoms with van der Waals surface area (Å²) in [6.45, 7) is 0.422. The molecule has 1 rings (SSSR count). The van der Waals surface area contributed by atoms with E-state index in [1.54, 1.807) is 24.2 Å². The van der Waals surface area contributed by atoms with Gasteiger partial charge in [-0.2, -0.15) is 11.8 Å². The Hall–Kier alpha value is -1.34. The van der Waals surface area contributed by atoms with Gasteiger partial charge in [0.1, 0.15) is 6.04 Å². The summed E-state index contributed by atoms with van der Waals surface area (Å²) in [6.07, 6.45) is 5.71. The molecule has 0 saturated heterocycles. The van der Waals surface area contributed by atoms with Gasteiger partial charge in [-0.1, -0.05) is 0 Å². The normalized spacial score (nSPS) is 12.3. The molecule has 0 saturated carbocycles. The van der Waals surface area contributed by atoms with Crippen LogP contribution in [0.4, 0.5) is 5.95 Å². The van der Waals surface area contributed by atoms with Crippen molar-refractivity contribution in [2.45, 2.75) is 19.0 Å². The van der Waals surface area contributed by atoms with Crippen LogP contribution >= 0.6 is 11.8 Å². The van der Waals surface area contributed by atoms with Gasteiger partial charge in [0.05, 0.1) is 0 Å². The number of thioether (sulfide) groups is 1. The molecule has 7 heteroatoms. The van der Waals surface area contributed by atoms with E-state index in [4.69, 9.17) is 10.8 Å². The lowest BCUT2D eigenvalue weighted by atomic mass is 10.2. The van der Waals surface area contributed by atoms with Crippen LogP contribution in [0.1, 0.15) is 12.0 Å². The number of hydrogen-bond donors (Lipinski definition) is 3. The fourth-order valence-corrected chi connectivity index (χ4v) is 1.72. The zero-order valence-corrected chi connectivity index (χ0v) is 10.4. The number of hydrogen-bond acceptors (Lipinski definition) is 6. The third kappa shape index (κ3) is 5.01. The van der Waals surface area contributed by atoms with Gasteiger partial charge in [0.25, 0.3) is 0 Å². The lowest BCUT2D eigenvalue weighted by molar-refractivity contribution is -0.139. The van der Waals surface area contributed by atoms with Crippen molar-refractivity contribution in [2.75, 3.05) is 17.7 Å². The third-order valence-corrected chi connectivity index (χ3v) is 2.83. The average Bonchev–Trinajstić information content (AvgIpc) is 2.31. The summed E-state index contributed by atoms with van der Waals surface area (Å²) in [6, 6.07) is -0.542. The summed E-state index contributed by atoms with van der Waals surface area (Å²) in [5.74, 6) is 0.184. The molecule has 0 unspecified atom stereocenters. The molecule has 0 aliphatic heterocycles. The zero-order chi connectivity index (χ0) is 12.7. The van der Waals surface area contributed by atoms with E-state index in [2.05, 4.69) is 15.3 Å². The number of aromatic nitrogens is 2. The topological polar surface area (TPSA) is 101 Å². The number of nitrogens with one attached hydrogen (secondary N) is 1. The Kier molecular flexibility index (Phi) is 5.71. The zero-order valence-electron chi connectivity index (χ0n) is 9.59. The Morgan fingerprint density at radius 2 is 2.24 bits per heavy atom. The molecule has 1 aromatic rings. The minimum Gasteiger partial charge on any atom is -0.480 e. The maximum Gasteiger partial charge on any atom is 0.320 e. The molecule has 0 aromatic carbocycles. The van der Waals surface area contributed by atoms with Crippen LogP contribution in [0.5, 0.6) is 0 Å².